The molecule has 1 aromatic carbocycles. The Kier molecular flexibility index (Phi) is 7.50. The molecule has 1 fully saturated rings. The standard InChI is InChI=1S/C24H33N3O6/c1-24(2,3)33-23(30)27-12-10-26(11-13-27)21(28)7-9-25-8-6-17-14-19(31-4)20(32-5)15-18(17)16-22(25)29/h6,8,14-15H,7,9-13,16H2,1-5H3. The maximum Gasteiger partial charge on any atom is 0.410 e. The van der Waals surface area contributed by atoms with Crippen molar-refractivity contribution < 1.29 is 28.6 Å². The predicted molar refractivity (Wildman–Crippen MR) is 123 cm³/mol. The topological polar surface area (TPSA) is 88.6 Å². The summed E-state index contributed by atoms with van der Waals surface area (Å²) in [5, 5.41) is 0. The number of hydrogen-bond acceptors (Lipinski definition) is 6. The van der Waals surface area contributed by atoms with Crippen molar-refractivity contribution in [2.45, 2.75) is 39.2 Å². The van der Waals surface area contributed by atoms with Gasteiger partial charge < -0.3 is 28.9 Å². The number of methoxy groups -OCH3 is 2. The highest BCUT2D eigenvalue weighted by molar-refractivity contribution is 5.85. The summed E-state index contributed by atoms with van der Waals surface area (Å²) in [5.41, 5.74) is 1.18. The number of nitrogens with zero attached hydrogens (tertiary/aromatic N) is 3. The van der Waals surface area contributed by atoms with Crippen LogP contribution in [0.1, 0.15) is 38.3 Å². The van der Waals surface area contributed by atoms with Crippen molar-refractivity contribution in [3.63, 3.8) is 0 Å². The van der Waals surface area contributed by atoms with Gasteiger partial charge in [-0.1, -0.05) is 0 Å². The van der Waals surface area contributed by atoms with E-state index in [4.69, 9.17) is 14.2 Å². The average molecular weight is 460 g/mol. The molecule has 3 rings (SSSR count). The molecular formula is C24H33N3O6. The zero-order valence-electron chi connectivity index (χ0n) is 20.1. The largest absolute Gasteiger partial charge is 0.493 e. The van der Waals surface area contributed by atoms with Gasteiger partial charge in [0.2, 0.25) is 11.8 Å². The molecule has 2 aliphatic rings. The predicted octanol–water partition coefficient (Wildman–Crippen LogP) is 2.53. The molecule has 9 heteroatoms. The van der Waals surface area contributed by atoms with Gasteiger partial charge in [0, 0.05) is 45.3 Å². The maximum atomic E-state index is 12.8. The van der Waals surface area contributed by atoms with Crippen LogP contribution in [0.25, 0.3) is 6.08 Å². The number of carbonyl (C=O) groups excluding carboxylic acids is 3. The van der Waals surface area contributed by atoms with Crippen molar-refractivity contribution in [2.24, 2.45) is 0 Å². The van der Waals surface area contributed by atoms with E-state index in [0.29, 0.717) is 44.2 Å². The lowest BCUT2D eigenvalue weighted by molar-refractivity contribution is -0.134. The average Bonchev–Trinajstić information content (AvgIpc) is 2.92. The molecule has 2 aliphatic heterocycles. The Bertz CT molecular complexity index is 929. The van der Waals surface area contributed by atoms with Crippen LogP contribution in [-0.2, 0) is 20.7 Å². The first-order valence-electron chi connectivity index (χ1n) is 11.1. The lowest BCUT2D eigenvalue weighted by Gasteiger charge is -2.35. The van der Waals surface area contributed by atoms with Gasteiger partial charge in [-0.05, 0) is 50.1 Å². The van der Waals surface area contributed by atoms with Gasteiger partial charge in [-0.15, -0.1) is 0 Å². The molecule has 3 amide bonds. The fraction of sp³-hybridized carbons (Fsp3) is 0.542. The van der Waals surface area contributed by atoms with Gasteiger partial charge in [0.1, 0.15) is 5.60 Å². The molecule has 0 aromatic heterocycles. The molecule has 0 radical (unpaired) electrons. The van der Waals surface area contributed by atoms with Crippen molar-refractivity contribution >= 4 is 24.0 Å². The number of amides is 3. The highest BCUT2D eigenvalue weighted by Gasteiger charge is 2.28. The molecule has 180 valence electrons. The van der Waals surface area contributed by atoms with E-state index in [1.807, 2.05) is 39.0 Å². The number of hydrogen-bond donors (Lipinski definition) is 0. The second kappa shape index (κ2) is 10.1. The molecule has 0 saturated carbocycles. The smallest absolute Gasteiger partial charge is 0.410 e. The maximum absolute atomic E-state index is 12.8. The minimum absolute atomic E-state index is 0.0369. The van der Waals surface area contributed by atoms with Gasteiger partial charge in [-0.25, -0.2) is 4.79 Å². The SMILES string of the molecule is COc1cc2c(cc1OC)CC(=O)N(CCC(=O)N1CCN(C(=O)OC(C)(C)C)CC1)C=C2. The minimum atomic E-state index is -0.548. The van der Waals surface area contributed by atoms with E-state index in [-0.39, 0.29) is 30.7 Å². The first-order chi connectivity index (χ1) is 15.6. The summed E-state index contributed by atoms with van der Waals surface area (Å²) in [5.74, 6) is 1.05. The van der Waals surface area contributed by atoms with Crippen molar-refractivity contribution in [2.75, 3.05) is 46.9 Å². The van der Waals surface area contributed by atoms with Crippen LogP contribution in [-0.4, -0.2) is 85.2 Å². The van der Waals surface area contributed by atoms with Gasteiger partial charge in [0.25, 0.3) is 0 Å². The Morgan fingerprint density at radius 3 is 2.18 bits per heavy atom. The highest BCUT2D eigenvalue weighted by atomic mass is 16.6. The van der Waals surface area contributed by atoms with E-state index in [0.717, 1.165) is 11.1 Å². The summed E-state index contributed by atoms with van der Waals surface area (Å²) >= 11 is 0. The van der Waals surface area contributed by atoms with Crippen LogP contribution in [0.15, 0.2) is 18.3 Å². The van der Waals surface area contributed by atoms with Crippen molar-refractivity contribution in [3.05, 3.63) is 29.5 Å². The van der Waals surface area contributed by atoms with Crippen LogP contribution in [0.4, 0.5) is 4.79 Å². The van der Waals surface area contributed by atoms with E-state index >= 15 is 0 Å². The Hall–Kier alpha value is -3.23. The third-order valence-electron chi connectivity index (χ3n) is 5.59. The molecule has 2 heterocycles. The number of ether oxygens (including phenoxy) is 3. The van der Waals surface area contributed by atoms with Crippen molar-refractivity contribution in [1.82, 2.24) is 14.7 Å². The zero-order chi connectivity index (χ0) is 24.2. The Labute approximate surface area is 194 Å². The number of benzene rings is 1. The van der Waals surface area contributed by atoms with Crippen LogP contribution in [0.5, 0.6) is 11.5 Å². The molecule has 33 heavy (non-hydrogen) atoms. The Balaban J connectivity index is 1.53. The minimum Gasteiger partial charge on any atom is -0.493 e. The fourth-order valence-corrected chi connectivity index (χ4v) is 3.80. The number of carbonyl (C=O) groups is 3. The fourth-order valence-electron chi connectivity index (χ4n) is 3.80. The second-order valence-corrected chi connectivity index (χ2v) is 9.08. The summed E-state index contributed by atoms with van der Waals surface area (Å²) in [6.07, 6.45) is 3.64. The van der Waals surface area contributed by atoms with Gasteiger partial charge in [0.15, 0.2) is 11.5 Å². The molecule has 0 atom stereocenters. The third kappa shape index (κ3) is 6.18. The van der Waals surface area contributed by atoms with Crippen LogP contribution < -0.4 is 9.47 Å². The normalized spacial score (nSPS) is 16.3. The molecule has 0 unspecified atom stereocenters. The summed E-state index contributed by atoms with van der Waals surface area (Å²) < 4.78 is 16.1. The summed E-state index contributed by atoms with van der Waals surface area (Å²) in [6.45, 7) is 7.55. The van der Waals surface area contributed by atoms with E-state index in [9.17, 15) is 14.4 Å². The van der Waals surface area contributed by atoms with Crippen molar-refractivity contribution in [1.29, 1.82) is 0 Å². The summed E-state index contributed by atoms with van der Waals surface area (Å²) in [7, 11) is 3.13. The van der Waals surface area contributed by atoms with Crippen LogP contribution in [0, 0.1) is 0 Å². The first-order valence-corrected chi connectivity index (χ1v) is 11.1. The zero-order valence-corrected chi connectivity index (χ0v) is 20.1. The molecular weight excluding hydrogens is 426 g/mol. The van der Waals surface area contributed by atoms with E-state index in [1.165, 1.54) is 0 Å². The first kappa shape index (κ1) is 24.4. The van der Waals surface area contributed by atoms with E-state index < -0.39 is 5.60 Å². The van der Waals surface area contributed by atoms with Crippen LogP contribution in [0.3, 0.4) is 0 Å². The lowest BCUT2D eigenvalue weighted by Crippen LogP contribution is -2.52. The number of rotatable bonds is 5. The molecule has 9 nitrogen and oxygen atoms in total. The molecule has 0 aliphatic carbocycles. The van der Waals surface area contributed by atoms with E-state index in [1.54, 1.807) is 35.1 Å². The molecule has 1 saturated heterocycles. The quantitative estimate of drug-likeness (QED) is 0.672. The number of fused-ring (bicyclic) bond motifs is 1. The molecule has 0 spiro atoms. The van der Waals surface area contributed by atoms with Gasteiger partial charge >= 0.3 is 6.09 Å². The monoisotopic (exact) mass is 459 g/mol. The van der Waals surface area contributed by atoms with Crippen LogP contribution in [0.2, 0.25) is 0 Å². The second-order valence-electron chi connectivity index (χ2n) is 9.08. The molecule has 0 bridgehead atoms. The van der Waals surface area contributed by atoms with Gasteiger partial charge in [0.05, 0.1) is 20.6 Å². The molecule has 0 N–H and O–H groups in total. The Morgan fingerprint density at radius 2 is 1.58 bits per heavy atom. The van der Waals surface area contributed by atoms with Crippen molar-refractivity contribution in [3.8, 4) is 11.5 Å². The molecule has 1 aromatic rings. The van der Waals surface area contributed by atoms with E-state index in [2.05, 4.69) is 0 Å². The van der Waals surface area contributed by atoms with Gasteiger partial charge in [-0.3, -0.25) is 9.59 Å². The lowest BCUT2D eigenvalue weighted by atomic mass is 10.0. The highest BCUT2D eigenvalue weighted by Crippen LogP contribution is 2.32. The van der Waals surface area contributed by atoms with Crippen LogP contribution >= 0.6 is 0 Å². The Morgan fingerprint density at radius 1 is 0.970 bits per heavy atom. The van der Waals surface area contributed by atoms with Gasteiger partial charge in [-0.2, -0.15) is 0 Å². The third-order valence-corrected chi connectivity index (χ3v) is 5.59. The summed E-state index contributed by atoms with van der Waals surface area (Å²) in [4.78, 5) is 42.6. The number of piperazine rings is 1. The summed E-state index contributed by atoms with van der Waals surface area (Å²) in [6, 6.07) is 3.66.